The van der Waals surface area contributed by atoms with Crippen LogP contribution < -0.4 is 5.73 Å². The molecule has 0 aliphatic carbocycles. The van der Waals surface area contributed by atoms with Gasteiger partial charge in [0, 0.05) is 5.69 Å². The Morgan fingerprint density at radius 1 is 1.39 bits per heavy atom. The van der Waals surface area contributed by atoms with Crippen LogP contribution in [0.1, 0.15) is 29.8 Å². The highest BCUT2D eigenvalue weighted by Gasteiger charge is 2.29. The molecule has 5 nitrogen and oxygen atoms in total. The van der Waals surface area contributed by atoms with Crippen molar-refractivity contribution in [1.82, 2.24) is 0 Å². The molecule has 0 saturated heterocycles. The molecule has 0 aliphatic heterocycles. The second kappa shape index (κ2) is 5.08. The highest BCUT2D eigenvalue weighted by atomic mass is 16.5. The molecule has 1 aromatic carbocycles. The lowest BCUT2D eigenvalue weighted by molar-refractivity contribution is -0.149. The second-order valence-electron chi connectivity index (χ2n) is 4.84. The van der Waals surface area contributed by atoms with Gasteiger partial charge >= 0.3 is 11.9 Å². The van der Waals surface area contributed by atoms with Gasteiger partial charge in [0.15, 0.2) is 0 Å². The van der Waals surface area contributed by atoms with E-state index < -0.39 is 17.4 Å². The SMILES string of the molecule is Cc1cc(N)ccc1C(=O)OCC(C)(C)C(=O)O. The van der Waals surface area contributed by atoms with Crippen LogP contribution in [0.3, 0.4) is 0 Å². The molecule has 0 heterocycles. The number of benzene rings is 1. The minimum Gasteiger partial charge on any atom is -0.481 e. The fourth-order valence-corrected chi connectivity index (χ4v) is 1.30. The number of carboxylic acid groups (broad SMARTS) is 1. The van der Waals surface area contributed by atoms with Crippen molar-refractivity contribution in [3.8, 4) is 0 Å². The van der Waals surface area contributed by atoms with Crippen molar-refractivity contribution in [2.24, 2.45) is 5.41 Å². The van der Waals surface area contributed by atoms with Crippen LogP contribution in [0.5, 0.6) is 0 Å². The van der Waals surface area contributed by atoms with Gasteiger partial charge in [-0.3, -0.25) is 4.79 Å². The molecule has 1 rings (SSSR count). The number of nitrogens with two attached hydrogens (primary N) is 1. The second-order valence-corrected chi connectivity index (χ2v) is 4.84. The fourth-order valence-electron chi connectivity index (χ4n) is 1.30. The molecule has 98 valence electrons. The maximum Gasteiger partial charge on any atom is 0.338 e. The van der Waals surface area contributed by atoms with Crippen LogP contribution in [0, 0.1) is 12.3 Å². The van der Waals surface area contributed by atoms with Crippen molar-refractivity contribution in [3.05, 3.63) is 29.3 Å². The number of carbonyl (C=O) groups is 2. The Balaban J connectivity index is 2.75. The zero-order chi connectivity index (χ0) is 13.9. The zero-order valence-corrected chi connectivity index (χ0v) is 10.7. The molecule has 0 amide bonds. The molecule has 3 N–H and O–H groups in total. The smallest absolute Gasteiger partial charge is 0.338 e. The number of aliphatic carboxylic acids is 1. The molecule has 0 bridgehead atoms. The predicted octanol–water partition coefficient (Wildman–Crippen LogP) is 1.84. The Morgan fingerprint density at radius 2 is 2.00 bits per heavy atom. The van der Waals surface area contributed by atoms with E-state index in [9.17, 15) is 9.59 Å². The third-order valence-corrected chi connectivity index (χ3v) is 2.61. The van der Waals surface area contributed by atoms with Crippen LogP contribution in [0.2, 0.25) is 0 Å². The molecule has 0 fully saturated rings. The minimum absolute atomic E-state index is 0.176. The van der Waals surface area contributed by atoms with Gasteiger partial charge in [0.2, 0.25) is 0 Å². The van der Waals surface area contributed by atoms with Gasteiger partial charge in [-0.15, -0.1) is 0 Å². The van der Waals surface area contributed by atoms with Crippen LogP contribution >= 0.6 is 0 Å². The zero-order valence-electron chi connectivity index (χ0n) is 10.7. The van der Waals surface area contributed by atoms with E-state index in [0.29, 0.717) is 16.8 Å². The molecule has 0 saturated carbocycles. The molecule has 5 heteroatoms. The van der Waals surface area contributed by atoms with Gasteiger partial charge in [0.05, 0.1) is 11.0 Å². The van der Waals surface area contributed by atoms with Crippen LogP contribution in [0.4, 0.5) is 5.69 Å². The summed E-state index contributed by atoms with van der Waals surface area (Å²) in [5.41, 5.74) is 6.14. The number of anilines is 1. The number of esters is 1. The molecular formula is C13H17NO4. The number of rotatable bonds is 4. The average Bonchev–Trinajstić information content (AvgIpc) is 2.25. The topological polar surface area (TPSA) is 89.6 Å². The third kappa shape index (κ3) is 3.23. The van der Waals surface area contributed by atoms with Crippen LogP contribution in [-0.2, 0) is 9.53 Å². The van der Waals surface area contributed by atoms with Gasteiger partial charge in [0.25, 0.3) is 0 Å². The number of ether oxygens (including phenoxy) is 1. The lowest BCUT2D eigenvalue weighted by Gasteiger charge is -2.19. The van der Waals surface area contributed by atoms with E-state index in [2.05, 4.69) is 0 Å². The van der Waals surface area contributed by atoms with Gasteiger partial charge in [-0.05, 0) is 44.5 Å². The summed E-state index contributed by atoms with van der Waals surface area (Å²) < 4.78 is 5.01. The van der Waals surface area contributed by atoms with E-state index >= 15 is 0 Å². The van der Waals surface area contributed by atoms with Gasteiger partial charge in [0.1, 0.15) is 6.61 Å². The molecule has 0 spiro atoms. The molecule has 0 radical (unpaired) electrons. The quantitative estimate of drug-likeness (QED) is 0.629. The van der Waals surface area contributed by atoms with E-state index in [-0.39, 0.29) is 6.61 Å². The number of nitrogen functional groups attached to an aromatic ring is 1. The van der Waals surface area contributed by atoms with Crippen molar-refractivity contribution < 1.29 is 19.4 Å². The highest BCUT2D eigenvalue weighted by molar-refractivity contribution is 5.91. The first-order chi connectivity index (χ1) is 8.24. The summed E-state index contributed by atoms with van der Waals surface area (Å²) in [6, 6.07) is 4.84. The number of aryl methyl sites for hydroxylation is 1. The molecule has 18 heavy (non-hydrogen) atoms. The largest absolute Gasteiger partial charge is 0.481 e. The van der Waals surface area contributed by atoms with Crippen molar-refractivity contribution in [2.75, 3.05) is 12.3 Å². The van der Waals surface area contributed by atoms with Gasteiger partial charge < -0.3 is 15.6 Å². The van der Waals surface area contributed by atoms with Crippen LogP contribution in [0.15, 0.2) is 18.2 Å². The van der Waals surface area contributed by atoms with Crippen molar-refractivity contribution in [2.45, 2.75) is 20.8 Å². The Labute approximate surface area is 106 Å². The molecular weight excluding hydrogens is 234 g/mol. The van der Waals surface area contributed by atoms with E-state index in [4.69, 9.17) is 15.6 Å². The van der Waals surface area contributed by atoms with Crippen molar-refractivity contribution in [3.63, 3.8) is 0 Å². The van der Waals surface area contributed by atoms with E-state index in [1.165, 1.54) is 13.8 Å². The predicted molar refractivity (Wildman–Crippen MR) is 67.3 cm³/mol. The van der Waals surface area contributed by atoms with Gasteiger partial charge in [-0.2, -0.15) is 0 Å². The van der Waals surface area contributed by atoms with E-state index in [0.717, 1.165) is 0 Å². The van der Waals surface area contributed by atoms with Gasteiger partial charge in [-0.1, -0.05) is 0 Å². The summed E-state index contributed by atoms with van der Waals surface area (Å²) >= 11 is 0. The molecule has 0 aliphatic rings. The Bertz CT molecular complexity index is 480. The summed E-state index contributed by atoms with van der Waals surface area (Å²) in [5.74, 6) is -1.55. The third-order valence-electron chi connectivity index (χ3n) is 2.61. The summed E-state index contributed by atoms with van der Waals surface area (Å²) in [7, 11) is 0. The van der Waals surface area contributed by atoms with E-state index in [1.807, 2.05) is 0 Å². The number of carbonyl (C=O) groups excluding carboxylic acids is 1. The molecule has 1 aromatic rings. The van der Waals surface area contributed by atoms with Crippen LogP contribution in [0.25, 0.3) is 0 Å². The fraction of sp³-hybridized carbons (Fsp3) is 0.385. The first-order valence-corrected chi connectivity index (χ1v) is 5.50. The number of carboxylic acids is 1. The average molecular weight is 251 g/mol. The lowest BCUT2D eigenvalue weighted by atomic mass is 9.95. The Kier molecular flexibility index (Phi) is 3.96. The summed E-state index contributed by atoms with van der Waals surface area (Å²) in [5, 5.41) is 8.91. The van der Waals surface area contributed by atoms with Gasteiger partial charge in [-0.25, -0.2) is 4.79 Å². The van der Waals surface area contributed by atoms with Crippen molar-refractivity contribution in [1.29, 1.82) is 0 Å². The Hall–Kier alpha value is -2.04. The first kappa shape index (κ1) is 14.0. The normalized spacial score (nSPS) is 11.1. The lowest BCUT2D eigenvalue weighted by Crippen LogP contribution is -2.30. The number of hydrogen-bond acceptors (Lipinski definition) is 4. The van der Waals surface area contributed by atoms with Crippen LogP contribution in [-0.4, -0.2) is 23.7 Å². The molecule has 0 unspecified atom stereocenters. The summed E-state index contributed by atoms with van der Waals surface area (Å²) in [4.78, 5) is 22.7. The standard InChI is InChI=1S/C13H17NO4/c1-8-6-9(14)4-5-10(8)11(15)18-7-13(2,3)12(16)17/h4-6H,7,14H2,1-3H3,(H,16,17). The van der Waals surface area contributed by atoms with Crippen molar-refractivity contribution >= 4 is 17.6 Å². The molecule has 0 aromatic heterocycles. The Morgan fingerprint density at radius 3 is 2.50 bits per heavy atom. The summed E-state index contributed by atoms with van der Waals surface area (Å²) in [6.07, 6.45) is 0. The van der Waals surface area contributed by atoms with E-state index in [1.54, 1.807) is 25.1 Å². The number of hydrogen-bond donors (Lipinski definition) is 2. The first-order valence-electron chi connectivity index (χ1n) is 5.50. The minimum atomic E-state index is -1.10. The molecule has 0 atom stereocenters. The maximum atomic E-state index is 11.8. The maximum absolute atomic E-state index is 11.8. The summed E-state index contributed by atoms with van der Waals surface area (Å²) in [6.45, 7) is 4.57. The monoisotopic (exact) mass is 251 g/mol. The highest BCUT2D eigenvalue weighted by Crippen LogP contribution is 2.18.